The van der Waals surface area contributed by atoms with Crippen molar-refractivity contribution in [2.75, 3.05) is 0 Å². The molecule has 2 heteroatoms. The summed E-state index contributed by atoms with van der Waals surface area (Å²) in [7, 11) is 0. The van der Waals surface area contributed by atoms with E-state index in [9.17, 15) is 0 Å². The maximum Gasteiger partial charge on any atom is 0.0490 e. The molecule has 0 aromatic heterocycles. The van der Waals surface area contributed by atoms with Gasteiger partial charge >= 0.3 is 0 Å². The zero-order chi connectivity index (χ0) is 13.1. The van der Waals surface area contributed by atoms with Gasteiger partial charge in [-0.2, -0.15) is 0 Å². The first-order valence-corrected chi connectivity index (χ1v) is 7.19. The lowest BCUT2D eigenvalue weighted by Crippen LogP contribution is -2.33. The summed E-state index contributed by atoms with van der Waals surface area (Å²) in [6.45, 7) is 6.69. The average Bonchev–Trinajstić information content (AvgIpc) is 2.84. The second-order valence-corrected chi connectivity index (χ2v) is 5.78. The van der Waals surface area contributed by atoms with E-state index in [0.717, 1.165) is 5.92 Å². The molecule has 3 N–H and O–H groups in total. The van der Waals surface area contributed by atoms with Gasteiger partial charge in [-0.1, -0.05) is 38.0 Å². The molecule has 0 aliphatic heterocycles. The quantitative estimate of drug-likeness (QED) is 0.629. The summed E-state index contributed by atoms with van der Waals surface area (Å²) in [5.74, 6) is 7.43. The molecule has 18 heavy (non-hydrogen) atoms. The van der Waals surface area contributed by atoms with Gasteiger partial charge in [0.2, 0.25) is 0 Å². The van der Waals surface area contributed by atoms with Crippen LogP contribution in [0, 0.1) is 25.7 Å². The molecule has 1 fully saturated rings. The summed E-state index contributed by atoms with van der Waals surface area (Å²) in [6, 6.07) is 6.87. The lowest BCUT2D eigenvalue weighted by molar-refractivity contribution is 0.357. The Morgan fingerprint density at radius 1 is 1.33 bits per heavy atom. The van der Waals surface area contributed by atoms with E-state index in [1.54, 1.807) is 0 Å². The predicted octanol–water partition coefficient (Wildman–Crippen LogP) is 3.63. The fraction of sp³-hybridized carbons (Fsp3) is 0.625. The highest BCUT2D eigenvalue weighted by atomic mass is 15.2. The molecular weight excluding hydrogens is 220 g/mol. The molecule has 0 bridgehead atoms. The van der Waals surface area contributed by atoms with Crippen molar-refractivity contribution >= 4 is 0 Å². The maximum absolute atomic E-state index is 5.84. The largest absolute Gasteiger partial charge is 0.271 e. The van der Waals surface area contributed by atoms with Gasteiger partial charge in [0, 0.05) is 6.04 Å². The van der Waals surface area contributed by atoms with Crippen molar-refractivity contribution in [3.63, 3.8) is 0 Å². The van der Waals surface area contributed by atoms with Crippen molar-refractivity contribution in [1.29, 1.82) is 0 Å². The van der Waals surface area contributed by atoms with E-state index in [4.69, 9.17) is 5.84 Å². The molecule has 1 aliphatic carbocycles. The number of nitrogens with two attached hydrogens (primary N) is 1. The van der Waals surface area contributed by atoms with Gasteiger partial charge in [0.1, 0.15) is 0 Å². The number of rotatable bonds is 4. The lowest BCUT2D eigenvalue weighted by Gasteiger charge is -2.25. The van der Waals surface area contributed by atoms with Crippen molar-refractivity contribution in [1.82, 2.24) is 5.43 Å². The summed E-state index contributed by atoms with van der Waals surface area (Å²) in [4.78, 5) is 0. The monoisotopic (exact) mass is 246 g/mol. The Morgan fingerprint density at radius 2 is 2.11 bits per heavy atom. The fourth-order valence-electron chi connectivity index (χ4n) is 3.38. The van der Waals surface area contributed by atoms with Crippen LogP contribution >= 0.6 is 0 Å². The minimum absolute atomic E-state index is 0.321. The minimum atomic E-state index is 0.321. The molecule has 2 rings (SSSR count). The van der Waals surface area contributed by atoms with Gasteiger partial charge in [-0.25, -0.2) is 0 Å². The van der Waals surface area contributed by atoms with E-state index in [-0.39, 0.29) is 0 Å². The summed E-state index contributed by atoms with van der Waals surface area (Å²) in [6.07, 6.45) is 5.30. The number of hydrazine groups is 1. The molecule has 3 unspecified atom stereocenters. The first-order valence-electron chi connectivity index (χ1n) is 7.19. The van der Waals surface area contributed by atoms with Gasteiger partial charge in [0.25, 0.3) is 0 Å². The molecule has 0 radical (unpaired) electrons. The van der Waals surface area contributed by atoms with Crippen LogP contribution in [0.4, 0.5) is 0 Å². The van der Waals surface area contributed by atoms with Crippen LogP contribution in [0.25, 0.3) is 0 Å². The first-order chi connectivity index (χ1) is 8.67. The van der Waals surface area contributed by atoms with E-state index in [1.165, 1.54) is 42.4 Å². The van der Waals surface area contributed by atoms with Crippen molar-refractivity contribution in [3.05, 3.63) is 34.9 Å². The third-order valence-electron chi connectivity index (χ3n) is 4.79. The van der Waals surface area contributed by atoms with Crippen LogP contribution in [0.2, 0.25) is 0 Å². The van der Waals surface area contributed by atoms with Crippen LogP contribution in [-0.4, -0.2) is 0 Å². The molecule has 2 nitrogen and oxygen atoms in total. The van der Waals surface area contributed by atoms with Crippen LogP contribution in [0.1, 0.15) is 55.3 Å². The fourth-order valence-corrected chi connectivity index (χ4v) is 3.38. The van der Waals surface area contributed by atoms with Crippen molar-refractivity contribution < 1.29 is 0 Å². The minimum Gasteiger partial charge on any atom is -0.271 e. The summed E-state index contributed by atoms with van der Waals surface area (Å²) < 4.78 is 0. The van der Waals surface area contributed by atoms with Gasteiger partial charge in [-0.3, -0.25) is 11.3 Å². The zero-order valence-corrected chi connectivity index (χ0v) is 11.9. The Balaban J connectivity index is 2.21. The van der Waals surface area contributed by atoms with E-state index >= 15 is 0 Å². The molecule has 1 aromatic rings. The number of nitrogens with one attached hydrogen (secondary N) is 1. The molecule has 1 aromatic carbocycles. The molecule has 3 atom stereocenters. The lowest BCUT2D eigenvalue weighted by atomic mass is 9.87. The average molecular weight is 246 g/mol. The summed E-state index contributed by atoms with van der Waals surface area (Å²) in [5, 5.41) is 0. The maximum atomic E-state index is 5.84. The topological polar surface area (TPSA) is 38.0 Å². The van der Waals surface area contributed by atoms with Gasteiger partial charge in [0.15, 0.2) is 0 Å². The molecule has 0 heterocycles. The van der Waals surface area contributed by atoms with Gasteiger partial charge in [-0.05, 0) is 55.2 Å². The third kappa shape index (κ3) is 2.60. The molecule has 0 spiro atoms. The van der Waals surface area contributed by atoms with E-state index in [0.29, 0.717) is 12.0 Å². The number of hydrogen-bond acceptors (Lipinski definition) is 2. The van der Waals surface area contributed by atoms with E-state index < -0.39 is 0 Å². The first kappa shape index (κ1) is 13.6. The number of benzene rings is 1. The van der Waals surface area contributed by atoms with Crippen molar-refractivity contribution in [2.45, 2.75) is 52.5 Å². The Labute approximate surface area is 111 Å². The Hall–Kier alpha value is -0.860. The Morgan fingerprint density at radius 3 is 2.72 bits per heavy atom. The smallest absolute Gasteiger partial charge is 0.0490 e. The highest BCUT2D eigenvalue weighted by Crippen LogP contribution is 2.40. The molecule has 100 valence electrons. The standard InChI is InChI=1S/C16H26N2/c1-4-13-8-9-14(10-13)16(18-17)15-7-5-6-11(2)12(15)3/h5-7,13-14,16,18H,4,8-10,17H2,1-3H3. The normalized spacial score (nSPS) is 25.3. The second kappa shape index (κ2) is 5.85. The van der Waals surface area contributed by atoms with E-state index in [2.05, 4.69) is 44.4 Å². The van der Waals surface area contributed by atoms with Crippen molar-refractivity contribution in [3.8, 4) is 0 Å². The molecular formula is C16H26N2. The number of aryl methyl sites for hydroxylation is 1. The van der Waals surface area contributed by atoms with Crippen LogP contribution in [0.5, 0.6) is 0 Å². The van der Waals surface area contributed by atoms with Crippen LogP contribution < -0.4 is 11.3 Å². The summed E-state index contributed by atoms with van der Waals surface area (Å²) >= 11 is 0. The third-order valence-corrected chi connectivity index (χ3v) is 4.79. The zero-order valence-electron chi connectivity index (χ0n) is 11.9. The Kier molecular flexibility index (Phi) is 4.41. The van der Waals surface area contributed by atoms with Crippen LogP contribution in [0.15, 0.2) is 18.2 Å². The SMILES string of the molecule is CCC1CCC(C(NN)c2cccc(C)c2C)C1. The molecule has 1 saturated carbocycles. The summed E-state index contributed by atoms with van der Waals surface area (Å²) in [5.41, 5.74) is 7.21. The second-order valence-electron chi connectivity index (χ2n) is 5.78. The van der Waals surface area contributed by atoms with Crippen molar-refractivity contribution in [2.24, 2.45) is 17.7 Å². The van der Waals surface area contributed by atoms with Gasteiger partial charge < -0.3 is 0 Å². The van der Waals surface area contributed by atoms with Gasteiger partial charge in [0.05, 0.1) is 0 Å². The predicted molar refractivity (Wildman–Crippen MR) is 77.1 cm³/mol. The molecule has 0 amide bonds. The highest BCUT2D eigenvalue weighted by molar-refractivity contribution is 5.35. The van der Waals surface area contributed by atoms with Gasteiger partial charge in [-0.15, -0.1) is 0 Å². The molecule has 0 saturated heterocycles. The van der Waals surface area contributed by atoms with Crippen LogP contribution in [-0.2, 0) is 0 Å². The number of hydrogen-bond donors (Lipinski definition) is 2. The van der Waals surface area contributed by atoms with E-state index in [1.807, 2.05) is 0 Å². The molecule has 1 aliphatic rings. The Bertz CT molecular complexity index is 400. The van der Waals surface area contributed by atoms with Crippen LogP contribution in [0.3, 0.4) is 0 Å². The highest BCUT2D eigenvalue weighted by Gasteiger charge is 2.31.